The van der Waals surface area contributed by atoms with Crippen LogP contribution in [0.4, 0.5) is 0 Å². The molecule has 1 unspecified atom stereocenters. The van der Waals surface area contributed by atoms with Crippen molar-refractivity contribution >= 4 is 0 Å². The summed E-state index contributed by atoms with van der Waals surface area (Å²) in [6, 6.07) is 0. The van der Waals surface area contributed by atoms with Crippen LogP contribution in [0.1, 0.15) is 26.2 Å². The van der Waals surface area contributed by atoms with Crippen molar-refractivity contribution in [3.8, 4) is 0 Å². The van der Waals surface area contributed by atoms with Gasteiger partial charge in [0.25, 0.3) is 0 Å². The van der Waals surface area contributed by atoms with E-state index in [1.54, 1.807) is 7.11 Å². The fourth-order valence-corrected chi connectivity index (χ4v) is 2.19. The van der Waals surface area contributed by atoms with Gasteiger partial charge in [-0.25, -0.2) is 11.6 Å². The van der Waals surface area contributed by atoms with Crippen LogP contribution in [0.25, 0.3) is 0 Å². The molecule has 18 heavy (non-hydrogen) atoms. The molecule has 2 aliphatic carbocycles. The molecule has 1 radical (unpaired) electrons. The summed E-state index contributed by atoms with van der Waals surface area (Å²) < 4.78 is 5.74. The first kappa shape index (κ1) is 20.5. The van der Waals surface area contributed by atoms with E-state index in [4.69, 9.17) is 4.74 Å². The molecule has 0 amide bonds. The smallest absolute Gasteiger partial charge is 1.00 e. The first-order chi connectivity index (χ1) is 7.27. The third kappa shape index (κ3) is 4.40. The van der Waals surface area contributed by atoms with Gasteiger partial charge in [0.15, 0.2) is 0 Å². The molecule has 0 aliphatic heterocycles. The van der Waals surface area contributed by atoms with Crippen LogP contribution in [-0.4, -0.2) is 12.7 Å². The van der Waals surface area contributed by atoms with E-state index in [9.17, 15) is 0 Å². The van der Waals surface area contributed by atoms with Crippen LogP contribution in [0.3, 0.4) is 0 Å². The second-order valence-electron chi connectivity index (χ2n) is 4.17. The van der Waals surface area contributed by atoms with E-state index < -0.39 is 0 Å². The van der Waals surface area contributed by atoms with Gasteiger partial charge in [-0.3, -0.25) is 6.08 Å². The van der Waals surface area contributed by atoms with E-state index in [1.807, 2.05) is 0 Å². The van der Waals surface area contributed by atoms with Crippen LogP contribution in [0, 0.1) is 6.08 Å². The minimum atomic E-state index is -0.133. The van der Waals surface area contributed by atoms with E-state index >= 15 is 0 Å². The maximum Gasteiger partial charge on any atom is 3.00 e. The van der Waals surface area contributed by atoms with E-state index in [1.165, 1.54) is 11.1 Å². The molecule has 0 saturated heterocycles. The zero-order chi connectivity index (χ0) is 10.7. The maximum absolute atomic E-state index is 5.74. The summed E-state index contributed by atoms with van der Waals surface area (Å²) in [4.78, 5) is 0. The van der Waals surface area contributed by atoms with Crippen LogP contribution in [-0.2, 0) is 26.5 Å². The Bertz CT molecular complexity index is 372. The summed E-state index contributed by atoms with van der Waals surface area (Å²) >= 11 is 0. The molecule has 4 heteroatoms. The van der Waals surface area contributed by atoms with Crippen LogP contribution in [0.5, 0.6) is 0 Å². The Hall–Kier alpha value is 0.214. The van der Waals surface area contributed by atoms with Gasteiger partial charge in [-0.15, -0.1) is 6.42 Å². The Labute approximate surface area is 137 Å². The first-order valence-electron chi connectivity index (χ1n) is 5.42. The summed E-state index contributed by atoms with van der Waals surface area (Å²) in [5, 5.41) is 0. The molecule has 0 aromatic rings. The Morgan fingerprint density at radius 3 is 2.56 bits per heavy atom. The molecular formula is C14H17Cl2OTi. The van der Waals surface area contributed by atoms with E-state index in [2.05, 4.69) is 43.4 Å². The summed E-state index contributed by atoms with van der Waals surface area (Å²) in [7, 11) is 1.80. The Balaban J connectivity index is 0. The van der Waals surface area contributed by atoms with Crippen molar-refractivity contribution in [1.29, 1.82) is 0 Å². The molecule has 2 aliphatic rings. The summed E-state index contributed by atoms with van der Waals surface area (Å²) in [5.74, 6) is 0. The van der Waals surface area contributed by atoms with Gasteiger partial charge in [-0.2, -0.15) is 6.08 Å². The van der Waals surface area contributed by atoms with Gasteiger partial charge in [0, 0.05) is 7.11 Å². The minimum absolute atomic E-state index is 0. The monoisotopic (exact) mass is 319 g/mol. The predicted octanol–water partition coefficient (Wildman–Crippen LogP) is -2.64. The van der Waals surface area contributed by atoms with Gasteiger partial charge in [0.2, 0.25) is 0 Å². The zero-order valence-corrected chi connectivity index (χ0v) is 13.7. The number of methoxy groups -OCH3 is 1. The van der Waals surface area contributed by atoms with Gasteiger partial charge in [-0.05, 0) is 25.3 Å². The summed E-state index contributed by atoms with van der Waals surface area (Å²) in [6.45, 7) is 2.15. The molecule has 0 spiro atoms. The average Bonchev–Trinajstić information content (AvgIpc) is 2.74. The molecule has 0 aromatic carbocycles. The summed E-state index contributed by atoms with van der Waals surface area (Å²) in [6.07, 6.45) is 16.9. The number of allylic oxidation sites excluding steroid dienone is 5. The van der Waals surface area contributed by atoms with E-state index in [0.717, 1.165) is 19.3 Å². The fraction of sp³-hybridized carbons (Fsp3) is 0.429. The predicted molar refractivity (Wildman–Crippen MR) is 62.4 cm³/mol. The van der Waals surface area contributed by atoms with Crippen molar-refractivity contribution in [1.82, 2.24) is 0 Å². The Morgan fingerprint density at radius 2 is 2.06 bits per heavy atom. The minimum Gasteiger partial charge on any atom is -1.00 e. The quantitative estimate of drug-likeness (QED) is 0.408. The second-order valence-corrected chi connectivity index (χ2v) is 4.17. The molecule has 2 rings (SSSR count). The summed E-state index contributed by atoms with van der Waals surface area (Å²) in [5.41, 5.74) is 2.45. The van der Waals surface area contributed by atoms with Crippen molar-refractivity contribution in [3.05, 3.63) is 47.6 Å². The second kappa shape index (κ2) is 9.17. The molecule has 0 bridgehead atoms. The molecule has 0 aromatic heterocycles. The van der Waals surface area contributed by atoms with E-state index in [-0.39, 0.29) is 52.1 Å². The molecule has 97 valence electrons. The molecule has 0 fully saturated rings. The Kier molecular flexibility index (Phi) is 10.5. The molecule has 1 atom stereocenters. The van der Waals surface area contributed by atoms with Gasteiger partial charge in [0.05, 0.1) is 5.60 Å². The standard InChI is InChI=1S/C14H17O.2ClH.Ti/c1-12-7-5-6-10-14(12,15-2)11-13-8-3-4-9-13;;;/h3,5-8H,4,10-11H2,1-2H3;2*1H;/q-1;;;+3/p-2. The van der Waals surface area contributed by atoms with Crippen molar-refractivity contribution in [2.45, 2.75) is 31.8 Å². The Morgan fingerprint density at radius 1 is 1.33 bits per heavy atom. The van der Waals surface area contributed by atoms with Gasteiger partial charge in [-0.1, -0.05) is 18.2 Å². The number of hydrogen-bond donors (Lipinski definition) is 0. The molecule has 0 saturated carbocycles. The normalized spacial score (nSPS) is 24.3. The topological polar surface area (TPSA) is 9.23 Å². The number of ether oxygens (including phenoxy) is 1. The average molecular weight is 320 g/mol. The van der Waals surface area contributed by atoms with E-state index in [0.29, 0.717) is 0 Å². The largest absolute Gasteiger partial charge is 3.00 e. The molecular weight excluding hydrogens is 303 g/mol. The molecule has 1 nitrogen and oxygen atoms in total. The number of halogens is 2. The third-order valence-electron chi connectivity index (χ3n) is 3.28. The van der Waals surface area contributed by atoms with Crippen molar-refractivity contribution in [2.75, 3.05) is 7.11 Å². The fourth-order valence-electron chi connectivity index (χ4n) is 2.19. The van der Waals surface area contributed by atoms with Crippen molar-refractivity contribution < 1.29 is 51.3 Å². The van der Waals surface area contributed by atoms with Crippen molar-refractivity contribution in [2.24, 2.45) is 0 Å². The van der Waals surface area contributed by atoms with Gasteiger partial charge in [0.1, 0.15) is 0 Å². The van der Waals surface area contributed by atoms with Crippen LogP contribution in [0.15, 0.2) is 41.5 Å². The number of rotatable bonds is 3. The first-order valence-corrected chi connectivity index (χ1v) is 5.42. The van der Waals surface area contributed by atoms with Crippen LogP contribution < -0.4 is 24.8 Å². The third-order valence-corrected chi connectivity index (χ3v) is 3.28. The van der Waals surface area contributed by atoms with Gasteiger partial charge >= 0.3 is 21.7 Å². The van der Waals surface area contributed by atoms with Crippen LogP contribution in [0.2, 0.25) is 0 Å². The van der Waals surface area contributed by atoms with Gasteiger partial charge < -0.3 is 29.6 Å². The molecule has 0 heterocycles. The zero-order valence-electron chi connectivity index (χ0n) is 10.7. The van der Waals surface area contributed by atoms with Crippen LogP contribution >= 0.6 is 0 Å². The number of hydrogen-bond acceptors (Lipinski definition) is 1. The molecule has 0 N–H and O–H groups in total. The van der Waals surface area contributed by atoms with Crippen molar-refractivity contribution in [3.63, 3.8) is 0 Å². The SMILES string of the molecule is COC1(CC2=[C-]CC=C2)CC=CC=C1C.[Cl-].[Cl-].[Ti+3]. The maximum atomic E-state index is 5.74.